The number of unbranched alkanes of at least 4 members (excludes halogenated alkanes) is 2. The van der Waals surface area contributed by atoms with Crippen molar-refractivity contribution in [2.45, 2.75) is 38.0 Å². The first-order valence-electron chi connectivity index (χ1n) is 9.10. The molecule has 1 amide bonds. The fraction of sp³-hybridized carbons (Fsp3) is 0.350. The molecule has 7 heteroatoms. The van der Waals surface area contributed by atoms with Gasteiger partial charge in [0.2, 0.25) is 0 Å². The van der Waals surface area contributed by atoms with Crippen molar-refractivity contribution >= 4 is 21.6 Å². The van der Waals surface area contributed by atoms with Gasteiger partial charge in [0, 0.05) is 12.1 Å². The van der Waals surface area contributed by atoms with Crippen molar-refractivity contribution in [1.82, 2.24) is 5.32 Å². The average molecular weight is 391 g/mol. The molecule has 0 atom stereocenters. The minimum atomic E-state index is -3.78. The number of amides is 1. The Labute approximate surface area is 161 Å². The van der Waals surface area contributed by atoms with E-state index in [2.05, 4.69) is 17.0 Å². The van der Waals surface area contributed by atoms with E-state index < -0.39 is 10.0 Å². The first-order chi connectivity index (χ1) is 13.0. The van der Waals surface area contributed by atoms with Crippen LogP contribution in [-0.4, -0.2) is 27.5 Å². The van der Waals surface area contributed by atoms with Gasteiger partial charge >= 0.3 is 0 Å². The summed E-state index contributed by atoms with van der Waals surface area (Å²) in [6, 6.07) is 12.7. The lowest BCUT2D eigenvalue weighted by Gasteiger charge is -2.13. The average Bonchev–Trinajstić information content (AvgIpc) is 2.67. The van der Waals surface area contributed by atoms with Gasteiger partial charge in [-0.1, -0.05) is 31.9 Å². The highest BCUT2D eigenvalue weighted by Gasteiger charge is 2.17. The Balaban J connectivity index is 2.08. The molecule has 2 rings (SSSR count). The van der Waals surface area contributed by atoms with Gasteiger partial charge in [-0.2, -0.15) is 0 Å². The molecule has 2 aromatic rings. The highest BCUT2D eigenvalue weighted by atomic mass is 32.2. The zero-order valence-electron chi connectivity index (χ0n) is 15.7. The van der Waals surface area contributed by atoms with E-state index in [1.54, 1.807) is 24.3 Å². The molecule has 0 heterocycles. The fourth-order valence-electron chi connectivity index (χ4n) is 2.50. The molecule has 27 heavy (non-hydrogen) atoms. The molecule has 0 saturated heterocycles. The van der Waals surface area contributed by atoms with Crippen molar-refractivity contribution in [3.05, 3.63) is 54.1 Å². The summed E-state index contributed by atoms with van der Waals surface area (Å²) < 4.78 is 33.2. The Morgan fingerprint density at radius 2 is 1.70 bits per heavy atom. The third-order valence-electron chi connectivity index (χ3n) is 3.92. The quantitative estimate of drug-likeness (QED) is 0.604. The molecule has 0 spiro atoms. The maximum atomic E-state index is 12.6. The van der Waals surface area contributed by atoms with Crippen molar-refractivity contribution in [1.29, 1.82) is 0 Å². The van der Waals surface area contributed by atoms with Crippen LogP contribution in [0.1, 0.15) is 43.5 Å². The lowest BCUT2D eigenvalue weighted by molar-refractivity contribution is 0.0953. The van der Waals surface area contributed by atoms with E-state index in [1.165, 1.54) is 24.3 Å². The lowest BCUT2D eigenvalue weighted by Crippen LogP contribution is -2.24. The second-order valence-electron chi connectivity index (χ2n) is 6.02. The number of hydrogen-bond acceptors (Lipinski definition) is 4. The number of para-hydroxylation sites is 2. The second-order valence-corrected chi connectivity index (χ2v) is 7.70. The van der Waals surface area contributed by atoms with Gasteiger partial charge in [0.05, 0.1) is 17.2 Å². The molecule has 6 nitrogen and oxygen atoms in total. The van der Waals surface area contributed by atoms with Gasteiger partial charge in [0.15, 0.2) is 0 Å². The van der Waals surface area contributed by atoms with Crippen LogP contribution in [0.2, 0.25) is 0 Å². The summed E-state index contributed by atoms with van der Waals surface area (Å²) in [6.07, 6.45) is 3.08. The standard InChI is InChI=1S/C20H26N2O4S/c1-3-5-8-15-21-20(23)16-11-13-17(14-12-16)27(24,25)22-18-9-6-7-10-19(18)26-4-2/h6-7,9-14,22H,3-5,8,15H2,1-2H3,(H,21,23). The van der Waals surface area contributed by atoms with Crippen LogP contribution in [0.25, 0.3) is 0 Å². The fourth-order valence-corrected chi connectivity index (χ4v) is 3.57. The number of benzene rings is 2. The van der Waals surface area contributed by atoms with Crippen molar-refractivity contribution in [3.63, 3.8) is 0 Å². The highest BCUT2D eigenvalue weighted by molar-refractivity contribution is 7.92. The molecule has 0 aliphatic carbocycles. The molecule has 0 aliphatic heterocycles. The van der Waals surface area contributed by atoms with Crippen LogP contribution in [0, 0.1) is 0 Å². The molecule has 0 bridgehead atoms. The van der Waals surface area contributed by atoms with Gasteiger partial charge in [0.1, 0.15) is 5.75 Å². The van der Waals surface area contributed by atoms with Crippen molar-refractivity contribution < 1.29 is 17.9 Å². The van der Waals surface area contributed by atoms with Crippen molar-refractivity contribution in [2.75, 3.05) is 17.9 Å². The third kappa shape index (κ3) is 5.99. The van der Waals surface area contributed by atoms with Gasteiger partial charge < -0.3 is 10.1 Å². The maximum Gasteiger partial charge on any atom is 0.262 e. The van der Waals surface area contributed by atoms with Gasteiger partial charge in [0.25, 0.3) is 15.9 Å². The van der Waals surface area contributed by atoms with E-state index in [9.17, 15) is 13.2 Å². The van der Waals surface area contributed by atoms with Crippen LogP contribution < -0.4 is 14.8 Å². The Morgan fingerprint density at radius 3 is 2.37 bits per heavy atom. The van der Waals surface area contributed by atoms with Crippen LogP contribution in [0.15, 0.2) is 53.4 Å². The summed E-state index contributed by atoms with van der Waals surface area (Å²) in [4.78, 5) is 12.2. The summed E-state index contributed by atoms with van der Waals surface area (Å²) >= 11 is 0. The summed E-state index contributed by atoms with van der Waals surface area (Å²) in [5.74, 6) is 0.261. The van der Waals surface area contributed by atoms with E-state index in [-0.39, 0.29) is 10.8 Å². The minimum absolute atomic E-state index is 0.0799. The Bertz CT molecular complexity index is 849. The van der Waals surface area contributed by atoms with Gasteiger partial charge in [-0.15, -0.1) is 0 Å². The van der Waals surface area contributed by atoms with Crippen LogP contribution in [0.3, 0.4) is 0 Å². The summed E-state index contributed by atoms with van der Waals surface area (Å²) in [6.45, 7) is 4.97. The first-order valence-corrected chi connectivity index (χ1v) is 10.6. The maximum absolute atomic E-state index is 12.6. The number of carbonyl (C=O) groups excluding carboxylic acids is 1. The summed E-state index contributed by atoms with van der Waals surface area (Å²) in [5.41, 5.74) is 0.803. The molecule has 146 valence electrons. The lowest BCUT2D eigenvalue weighted by atomic mass is 10.2. The van der Waals surface area contributed by atoms with E-state index in [0.717, 1.165) is 19.3 Å². The van der Waals surface area contributed by atoms with Gasteiger partial charge in [-0.25, -0.2) is 8.42 Å². The van der Waals surface area contributed by atoms with Gasteiger partial charge in [-0.3, -0.25) is 9.52 Å². The molecule has 2 N–H and O–H groups in total. The molecule has 2 aromatic carbocycles. The highest BCUT2D eigenvalue weighted by Crippen LogP contribution is 2.26. The number of anilines is 1. The molecule has 0 aliphatic rings. The minimum Gasteiger partial charge on any atom is -0.492 e. The number of carbonyl (C=O) groups is 1. The Kier molecular flexibility index (Phi) is 7.67. The topological polar surface area (TPSA) is 84.5 Å². The molecular formula is C20H26N2O4S. The van der Waals surface area contributed by atoms with Gasteiger partial charge in [-0.05, 0) is 49.7 Å². The predicted molar refractivity (Wildman–Crippen MR) is 107 cm³/mol. The molecular weight excluding hydrogens is 364 g/mol. The zero-order chi connectivity index (χ0) is 19.7. The van der Waals surface area contributed by atoms with Crippen molar-refractivity contribution in [3.8, 4) is 5.75 Å². The normalized spacial score (nSPS) is 11.0. The van der Waals surface area contributed by atoms with Crippen LogP contribution in [0.5, 0.6) is 5.75 Å². The van der Waals surface area contributed by atoms with Crippen LogP contribution in [-0.2, 0) is 10.0 Å². The van der Waals surface area contributed by atoms with E-state index in [0.29, 0.717) is 30.2 Å². The smallest absolute Gasteiger partial charge is 0.262 e. The molecule has 0 saturated carbocycles. The molecule has 0 radical (unpaired) electrons. The number of hydrogen-bond donors (Lipinski definition) is 2. The van der Waals surface area contributed by atoms with E-state index >= 15 is 0 Å². The predicted octanol–water partition coefficient (Wildman–Crippen LogP) is 3.81. The number of sulfonamides is 1. The summed E-state index contributed by atoms with van der Waals surface area (Å²) in [5, 5.41) is 2.83. The second kappa shape index (κ2) is 9.97. The first kappa shape index (κ1) is 20.8. The number of nitrogens with one attached hydrogen (secondary N) is 2. The Hall–Kier alpha value is -2.54. The largest absolute Gasteiger partial charge is 0.492 e. The SMILES string of the molecule is CCCCCNC(=O)c1ccc(S(=O)(=O)Nc2ccccc2OCC)cc1. The van der Waals surface area contributed by atoms with Crippen molar-refractivity contribution in [2.24, 2.45) is 0 Å². The monoisotopic (exact) mass is 390 g/mol. The molecule has 0 unspecified atom stereocenters. The van der Waals surface area contributed by atoms with E-state index in [1.807, 2.05) is 6.92 Å². The number of ether oxygens (including phenoxy) is 1. The zero-order valence-corrected chi connectivity index (χ0v) is 16.5. The number of rotatable bonds is 10. The summed E-state index contributed by atoms with van der Waals surface area (Å²) in [7, 11) is -3.78. The molecule has 0 aromatic heterocycles. The van der Waals surface area contributed by atoms with E-state index in [4.69, 9.17) is 4.74 Å². The van der Waals surface area contributed by atoms with Crippen LogP contribution in [0.4, 0.5) is 5.69 Å². The third-order valence-corrected chi connectivity index (χ3v) is 5.31. The molecule has 0 fully saturated rings. The van der Waals surface area contributed by atoms with Crippen LogP contribution >= 0.6 is 0 Å². The Morgan fingerprint density at radius 1 is 1.00 bits per heavy atom.